The SMILES string of the molecule is CC(CN)N1CCN(CC(=O)Nc2ccccc2F)CC1. The highest BCUT2D eigenvalue weighted by molar-refractivity contribution is 5.92. The zero-order chi connectivity index (χ0) is 15.2. The minimum absolute atomic E-state index is 0.180. The first-order valence-electron chi connectivity index (χ1n) is 7.31. The van der Waals surface area contributed by atoms with E-state index in [1.165, 1.54) is 6.07 Å². The van der Waals surface area contributed by atoms with Gasteiger partial charge in [0, 0.05) is 38.8 Å². The van der Waals surface area contributed by atoms with E-state index in [4.69, 9.17) is 5.73 Å². The number of piperazine rings is 1. The van der Waals surface area contributed by atoms with E-state index >= 15 is 0 Å². The summed E-state index contributed by atoms with van der Waals surface area (Å²) in [5.74, 6) is -0.590. The highest BCUT2D eigenvalue weighted by atomic mass is 19.1. The molecule has 3 N–H and O–H groups in total. The Morgan fingerprint density at radius 2 is 2.00 bits per heavy atom. The van der Waals surface area contributed by atoms with Crippen LogP contribution in [0.4, 0.5) is 10.1 Å². The number of rotatable bonds is 5. The van der Waals surface area contributed by atoms with Gasteiger partial charge in [-0.15, -0.1) is 0 Å². The van der Waals surface area contributed by atoms with Crippen molar-refractivity contribution in [1.82, 2.24) is 9.80 Å². The van der Waals surface area contributed by atoms with Crippen LogP contribution in [0.2, 0.25) is 0 Å². The number of amides is 1. The maximum atomic E-state index is 13.5. The Labute approximate surface area is 124 Å². The van der Waals surface area contributed by atoms with Gasteiger partial charge in [-0.1, -0.05) is 12.1 Å². The molecule has 1 amide bonds. The molecule has 1 atom stereocenters. The van der Waals surface area contributed by atoms with Gasteiger partial charge in [-0.2, -0.15) is 0 Å². The summed E-state index contributed by atoms with van der Waals surface area (Å²) in [6.07, 6.45) is 0. The highest BCUT2D eigenvalue weighted by Crippen LogP contribution is 2.12. The third-order valence-corrected chi connectivity index (χ3v) is 3.89. The first-order chi connectivity index (χ1) is 10.1. The Balaban J connectivity index is 1.78. The molecule has 1 aliphatic heterocycles. The molecule has 21 heavy (non-hydrogen) atoms. The van der Waals surface area contributed by atoms with Gasteiger partial charge in [0.25, 0.3) is 0 Å². The van der Waals surface area contributed by atoms with Crippen LogP contribution in [0.5, 0.6) is 0 Å². The average molecular weight is 294 g/mol. The molecule has 5 nitrogen and oxygen atoms in total. The van der Waals surface area contributed by atoms with E-state index < -0.39 is 5.82 Å². The lowest BCUT2D eigenvalue weighted by Gasteiger charge is -2.37. The number of anilines is 1. The molecule has 1 heterocycles. The number of halogens is 1. The molecule has 1 fully saturated rings. The van der Waals surface area contributed by atoms with Gasteiger partial charge in [-0.05, 0) is 19.1 Å². The lowest BCUT2D eigenvalue weighted by atomic mass is 10.2. The Morgan fingerprint density at radius 3 is 2.62 bits per heavy atom. The van der Waals surface area contributed by atoms with Crippen LogP contribution in [0.15, 0.2) is 24.3 Å². The van der Waals surface area contributed by atoms with Crippen LogP contribution in [0.1, 0.15) is 6.92 Å². The Morgan fingerprint density at radius 1 is 1.33 bits per heavy atom. The minimum Gasteiger partial charge on any atom is -0.329 e. The van der Waals surface area contributed by atoms with Crippen LogP contribution in [-0.2, 0) is 4.79 Å². The normalized spacial score (nSPS) is 18.4. The van der Waals surface area contributed by atoms with Crippen molar-refractivity contribution in [2.75, 3.05) is 44.6 Å². The van der Waals surface area contributed by atoms with Gasteiger partial charge in [0.1, 0.15) is 5.82 Å². The molecule has 1 aromatic rings. The van der Waals surface area contributed by atoms with E-state index in [-0.39, 0.29) is 11.6 Å². The van der Waals surface area contributed by atoms with Crippen molar-refractivity contribution in [1.29, 1.82) is 0 Å². The number of carbonyl (C=O) groups excluding carboxylic acids is 1. The maximum Gasteiger partial charge on any atom is 0.238 e. The molecule has 0 radical (unpaired) electrons. The third-order valence-electron chi connectivity index (χ3n) is 3.89. The summed E-state index contributed by atoms with van der Waals surface area (Å²) >= 11 is 0. The molecule has 0 bridgehead atoms. The predicted molar refractivity (Wildman–Crippen MR) is 81.6 cm³/mol. The third kappa shape index (κ3) is 4.49. The molecule has 0 aromatic heterocycles. The van der Waals surface area contributed by atoms with Crippen LogP contribution in [0.3, 0.4) is 0 Å². The fraction of sp³-hybridized carbons (Fsp3) is 0.533. The molecule has 6 heteroatoms. The number of hydrogen-bond donors (Lipinski definition) is 2. The summed E-state index contributed by atoms with van der Waals surface area (Å²) in [5, 5.41) is 2.61. The first-order valence-corrected chi connectivity index (χ1v) is 7.31. The van der Waals surface area contributed by atoms with E-state index in [9.17, 15) is 9.18 Å². The van der Waals surface area contributed by atoms with Crippen molar-refractivity contribution in [2.45, 2.75) is 13.0 Å². The van der Waals surface area contributed by atoms with Crippen molar-refractivity contribution in [3.05, 3.63) is 30.1 Å². The summed E-state index contributed by atoms with van der Waals surface area (Å²) < 4.78 is 13.5. The molecule has 0 aliphatic carbocycles. The summed E-state index contributed by atoms with van der Waals surface area (Å²) in [4.78, 5) is 16.4. The zero-order valence-corrected chi connectivity index (χ0v) is 12.4. The van der Waals surface area contributed by atoms with Gasteiger partial charge >= 0.3 is 0 Å². The molecule has 1 saturated heterocycles. The topological polar surface area (TPSA) is 61.6 Å². The summed E-state index contributed by atoms with van der Waals surface area (Å²) in [6.45, 7) is 6.52. The number of carbonyl (C=O) groups is 1. The number of para-hydroxylation sites is 1. The van der Waals surface area contributed by atoms with Crippen LogP contribution in [-0.4, -0.2) is 61.0 Å². The van der Waals surface area contributed by atoms with Gasteiger partial charge in [0.15, 0.2) is 0 Å². The van der Waals surface area contributed by atoms with E-state index in [1.807, 2.05) is 0 Å². The van der Waals surface area contributed by atoms with Crippen LogP contribution in [0, 0.1) is 5.82 Å². The van der Waals surface area contributed by atoms with Crippen molar-refractivity contribution >= 4 is 11.6 Å². The highest BCUT2D eigenvalue weighted by Gasteiger charge is 2.21. The van der Waals surface area contributed by atoms with Gasteiger partial charge < -0.3 is 11.1 Å². The van der Waals surface area contributed by atoms with E-state index in [0.717, 1.165) is 26.2 Å². The fourth-order valence-corrected chi connectivity index (χ4v) is 2.47. The van der Waals surface area contributed by atoms with Crippen molar-refractivity contribution in [3.8, 4) is 0 Å². The smallest absolute Gasteiger partial charge is 0.238 e. The molecule has 116 valence electrons. The number of nitrogens with one attached hydrogen (secondary N) is 1. The molecule has 0 saturated carbocycles. The largest absolute Gasteiger partial charge is 0.329 e. The molecule has 1 aliphatic rings. The fourth-order valence-electron chi connectivity index (χ4n) is 2.47. The maximum absolute atomic E-state index is 13.5. The van der Waals surface area contributed by atoms with Crippen LogP contribution in [0.25, 0.3) is 0 Å². The van der Waals surface area contributed by atoms with E-state index in [1.54, 1.807) is 18.2 Å². The van der Waals surface area contributed by atoms with Gasteiger partial charge in [-0.3, -0.25) is 14.6 Å². The van der Waals surface area contributed by atoms with E-state index in [2.05, 4.69) is 22.0 Å². The molecule has 1 aromatic carbocycles. The monoisotopic (exact) mass is 294 g/mol. The number of hydrogen-bond acceptors (Lipinski definition) is 4. The summed E-state index contributed by atoms with van der Waals surface area (Å²) in [7, 11) is 0. The van der Waals surface area contributed by atoms with Gasteiger partial charge in [0.2, 0.25) is 5.91 Å². The average Bonchev–Trinajstić information content (AvgIpc) is 2.49. The Bertz CT molecular complexity index is 474. The Kier molecular flexibility index (Phi) is 5.67. The second-order valence-electron chi connectivity index (χ2n) is 5.42. The minimum atomic E-state index is -0.410. The molecular formula is C15H23FN4O. The Hall–Kier alpha value is -1.50. The quantitative estimate of drug-likeness (QED) is 0.840. The van der Waals surface area contributed by atoms with E-state index in [0.29, 0.717) is 19.1 Å². The predicted octanol–water partition coefficient (Wildman–Crippen LogP) is 0.729. The molecule has 1 unspecified atom stereocenters. The second-order valence-corrected chi connectivity index (χ2v) is 5.42. The van der Waals surface area contributed by atoms with Crippen molar-refractivity contribution < 1.29 is 9.18 Å². The van der Waals surface area contributed by atoms with Crippen molar-refractivity contribution in [3.63, 3.8) is 0 Å². The van der Waals surface area contributed by atoms with Gasteiger partial charge in [-0.25, -0.2) is 4.39 Å². The molecule has 0 spiro atoms. The second kappa shape index (κ2) is 7.49. The van der Waals surface area contributed by atoms with Crippen molar-refractivity contribution in [2.24, 2.45) is 5.73 Å². The lowest BCUT2D eigenvalue weighted by molar-refractivity contribution is -0.117. The van der Waals surface area contributed by atoms with Crippen LogP contribution < -0.4 is 11.1 Å². The van der Waals surface area contributed by atoms with Crippen LogP contribution >= 0.6 is 0 Å². The van der Waals surface area contributed by atoms with Gasteiger partial charge in [0.05, 0.1) is 12.2 Å². The molecular weight excluding hydrogens is 271 g/mol. The lowest BCUT2D eigenvalue weighted by Crippen LogP contribution is -2.52. The number of nitrogens with zero attached hydrogens (tertiary/aromatic N) is 2. The number of nitrogens with two attached hydrogens (primary N) is 1. The summed E-state index contributed by atoms with van der Waals surface area (Å²) in [5.41, 5.74) is 5.90. The standard InChI is InChI=1S/C15H23FN4O/c1-12(10-17)20-8-6-19(7-9-20)11-15(21)18-14-5-3-2-4-13(14)16/h2-5,12H,6-11,17H2,1H3,(H,18,21). The first kappa shape index (κ1) is 15.9. The summed E-state index contributed by atoms with van der Waals surface area (Å²) in [6, 6.07) is 6.57. The zero-order valence-electron chi connectivity index (χ0n) is 12.4. The number of benzene rings is 1. The molecule has 2 rings (SSSR count).